The Bertz CT molecular complexity index is 879. The van der Waals surface area contributed by atoms with E-state index in [4.69, 9.17) is 9.78 Å². The van der Waals surface area contributed by atoms with E-state index < -0.39 is 11.9 Å². The van der Waals surface area contributed by atoms with Crippen LogP contribution in [0.3, 0.4) is 0 Å². The molecule has 3 aliphatic rings. The predicted molar refractivity (Wildman–Crippen MR) is 105 cm³/mol. The van der Waals surface area contributed by atoms with Crippen molar-refractivity contribution in [1.82, 2.24) is 16.0 Å². The maximum atomic E-state index is 15.0. The fourth-order valence-corrected chi connectivity index (χ4v) is 3.35. The number of hydroxylamine groups is 4. The van der Waals surface area contributed by atoms with Crippen LogP contribution in [-0.2, 0) is 14.6 Å². The van der Waals surface area contributed by atoms with Gasteiger partial charge in [0.15, 0.2) is 0 Å². The third-order valence-corrected chi connectivity index (χ3v) is 5.08. The Balaban J connectivity index is 1.60. The standard InChI is InChI=1S/C18H18FIN4O3/c1-10-6-12(20)4-5-15(10)22-16-14(18(25)23-26-9-11-2-3-11)7-13-8-21-27-24(13)17(16)19/h4-8,11,21-22H,2-3,9H2,1H3,(H,23,25). The number of hydrogen-bond acceptors (Lipinski definition) is 6. The van der Waals surface area contributed by atoms with Crippen LogP contribution in [0, 0.1) is 16.4 Å². The monoisotopic (exact) mass is 484 g/mol. The van der Waals surface area contributed by atoms with E-state index in [2.05, 4.69) is 38.9 Å². The molecule has 0 atom stereocenters. The molecule has 1 saturated carbocycles. The fourth-order valence-electron chi connectivity index (χ4n) is 2.70. The highest BCUT2D eigenvalue weighted by Crippen LogP contribution is 2.34. The molecule has 0 unspecified atom stereocenters. The van der Waals surface area contributed by atoms with E-state index in [1.54, 1.807) is 0 Å². The fraction of sp³-hybridized carbons (Fsp3) is 0.278. The number of aryl methyl sites for hydroxylation is 1. The molecule has 4 rings (SSSR count). The van der Waals surface area contributed by atoms with Gasteiger partial charge in [-0.1, -0.05) is 0 Å². The van der Waals surface area contributed by atoms with E-state index >= 15 is 4.39 Å². The number of nitrogens with zero attached hydrogens (tertiary/aromatic N) is 1. The van der Waals surface area contributed by atoms with Crippen molar-refractivity contribution in [2.45, 2.75) is 19.8 Å². The summed E-state index contributed by atoms with van der Waals surface area (Å²) in [6.07, 6.45) is 5.21. The Morgan fingerprint density at radius 3 is 3.04 bits per heavy atom. The molecular formula is C18H18FIN4O3. The van der Waals surface area contributed by atoms with Gasteiger partial charge in [0, 0.05) is 9.26 Å². The van der Waals surface area contributed by atoms with Crippen LogP contribution in [-0.4, -0.2) is 17.6 Å². The lowest BCUT2D eigenvalue weighted by Gasteiger charge is -2.25. The molecule has 1 amide bonds. The van der Waals surface area contributed by atoms with E-state index in [1.807, 2.05) is 25.1 Å². The second-order valence-corrected chi connectivity index (χ2v) is 7.81. The number of allylic oxidation sites excluding steroid dienone is 1. The second kappa shape index (κ2) is 7.49. The molecule has 27 heavy (non-hydrogen) atoms. The third kappa shape index (κ3) is 3.94. The number of nitrogens with one attached hydrogen (secondary N) is 3. The van der Waals surface area contributed by atoms with Crippen molar-refractivity contribution < 1.29 is 19.0 Å². The molecule has 0 spiro atoms. The number of rotatable bonds is 6. The van der Waals surface area contributed by atoms with Gasteiger partial charge in [-0.15, -0.1) is 4.94 Å². The van der Waals surface area contributed by atoms with Gasteiger partial charge in [-0.25, -0.2) is 11.0 Å². The average Bonchev–Trinajstić information content (AvgIpc) is 3.33. The highest BCUT2D eigenvalue weighted by molar-refractivity contribution is 14.1. The highest BCUT2D eigenvalue weighted by Gasteiger charge is 2.33. The maximum absolute atomic E-state index is 15.0. The van der Waals surface area contributed by atoms with Gasteiger partial charge in [-0.2, -0.15) is 9.45 Å². The minimum atomic E-state index is -0.723. The number of carbonyl (C=O) groups is 1. The Labute approximate surface area is 169 Å². The number of anilines is 1. The molecule has 2 heterocycles. The van der Waals surface area contributed by atoms with Gasteiger partial charge in [0.2, 0.25) is 5.95 Å². The first-order chi connectivity index (χ1) is 13.0. The van der Waals surface area contributed by atoms with Crippen LogP contribution in [0.5, 0.6) is 0 Å². The van der Waals surface area contributed by atoms with Crippen LogP contribution >= 0.6 is 22.6 Å². The van der Waals surface area contributed by atoms with Gasteiger partial charge in [0.05, 0.1) is 24.1 Å². The minimum absolute atomic E-state index is 0.00711. The molecule has 0 aromatic heterocycles. The Kier molecular flexibility index (Phi) is 5.06. The molecule has 0 saturated heterocycles. The largest absolute Gasteiger partial charge is 0.351 e. The molecule has 1 aromatic rings. The second-order valence-electron chi connectivity index (χ2n) is 6.57. The third-order valence-electron chi connectivity index (χ3n) is 4.41. The number of amides is 1. The average molecular weight is 484 g/mol. The van der Waals surface area contributed by atoms with Crippen LogP contribution in [0.25, 0.3) is 0 Å². The Morgan fingerprint density at radius 2 is 2.30 bits per heavy atom. The summed E-state index contributed by atoms with van der Waals surface area (Å²) in [6, 6.07) is 5.70. The van der Waals surface area contributed by atoms with E-state index in [0.29, 0.717) is 23.9 Å². The van der Waals surface area contributed by atoms with Gasteiger partial charge < -0.3 is 5.32 Å². The van der Waals surface area contributed by atoms with Gasteiger partial charge in [0.25, 0.3) is 5.91 Å². The summed E-state index contributed by atoms with van der Waals surface area (Å²) in [5.41, 5.74) is 7.01. The smallest absolute Gasteiger partial charge is 0.277 e. The zero-order chi connectivity index (χ0) is 19.0. The normalized spacial score (nSPS) is 18.6. The number of hydrogen-bond donors (Lipinski definition) is 3. The van der Waals surface area contributed by atoms with Crippen LogP contribution in [0.15, 0.2) is 53.4 Å². The number of carbonyl (C=O) groups excluding carboxylic acids is 1. The molecule has 1 fully saturated rings. The lowest BCUT2D eigenvalue weighted by Crippen LogP contribution is -2.33. The molecule has 0 radical (unpaired) electrons. The molecule has 1 aromatic carbocycles. The molecule has 7 nitrogen and oxygen atoms in total. The van der Waals surface area contributed by atoms with Crippen molar-refractivity contribution in [1.29, 1.82) is 0 Å². The Hall–Kier alpha value is -2.11. The summed E-state index contributed by atoms with van der Waals surface area (Å²) in [4.78, 5) is 22.9. The van der Waals surface area contributed by atoms with E-state index in [0.717, 1.165) is 27.0 Å². The van der Waals surface area contributed by atoms with E-state index in [9.17, 15) is 4.79 Å². The highest BCUT2D eigenvalue weighted by atomic mass is 127. The van der Waals surface area contributed by atoms with Gasteiger partial charge in [-0.3, -0.25) is 9.63 Å². The SMILES string of the molecule is Cc1cc(I)ccc1NC1=C(F)N2ONC=C2C=C1C(=O)NOCC1CC1. The van der Waals surface area contributed by atoms with Gasteiger partial charge in [0.1, 0.15) is 5.70 Å². The molecule has 3 N–H and O–H groups in total. The summed E-state index contributed by atoms with van der Waals surface area (Å²) >= 11 is 2.21. The number of fused-ring (bicyclic) bond motifs is 1. The number of halogens is 2. The van der Waals surface area contributed by atoms with Crippen molar-refractivity contribution in [3.63, 3.8) is 0 Å². The van der Waals surface area contributed by atoms with Crippen LogP contribution < -0.4 is 16.3 Å². The van der Waals surface area contributed by atoms with Crippen molar-refractivity contribution >= 4 is 34.2 Å². The maximum Gasteiger partial charge on any atom is 0.277 e. The van der Waals surface area contributed by atoms with Crippen molar-refractivity contribution in [3.8, 4) is 0 Å². The van der Waals surface area contributed by atoms with Gasteiger partial charge in [-0.05, 0) is 78.1 Å². The van der Waals surface area contributed by atoms with E-state index in [-0.39, 0.29) is 11.3 Å². The zero-order valence-electron chi connectivity index (χ0n) is 14.5. The Morgan fingerprint density at radius 1 is 1.48 bits per heavy atom. The summed E-state index contributed by atoms with van der Waals surface area (Å²) in [6.45, 7) is 2.37. The molecule has 9 heteroatoms. The van der Waals surface area contributed by atoms with Crippen molar-refractivity contribution in [3.05, 3.63) is 62.5 Å². The van der Waals surface area contributed by atoms with Crippen LogP contribution in [0.4, 0.5) is 10.1 Å². The summed E-state index contributed by atoms with van der Waals surface area (Å²) < 4.78 is 16.1. The number of benzene rings is 1. The topological polar surface area (TPSA) is 74.9 Å². The quantitative estimate of drug-likeness (QED) is 0.328. The first-order valence-electron chi connectivity index (χ1n) is 8.53. The van der Waals surface area contributed by atoms with Crippen molar-refractivity contribution in [2.75, 3.05) is 11.9 Å². The predicted octanol–water partition coefficient (Wildman–Crippen LogP) is 3.14. The minimum Gasteiger partial charge on any atom is -0.351 e. The molecular weight excluding hydrogens is 466 g/mol. The molecule has 142 valence electrons. The summed E-state index contributed by atoms with van der Waals surface area (Å²) in [7, 11) is 0. The molecule has 2 aliphatic heterocycles. The molecule has 1 aliphatic carbocycles. The summed E-state index contributed by atoms with van der Waals surface area (Å²) in [5.74, 6) is -0.751. The lowest BCUT2D eigenvalue weighted by molar-refractivity contribution is -0.139. The van der Waals surface area contributed by atoms with E-state index in [1.165, 1.54) is 12.3 Å². The van der Waals surface area contributed by atoms with Gasteiger partial charge >= 0.3 is 0 Å². The summed E-state index contributed by atoms with van der Waals surface area (Å²) in [5, 5.41) is 4.00. The van der Waals surface area contributed by atoms with Crippen molar-refractivity contribution in [2.24, 2.45) is 5.92 Å². The first kappa shape index (κ1) is 18.3. The zero-order valence-corrected chi connectivity index (χ0v) is 16.7. The first-order valence-corrected chi connectivity index (χ1v) is 9.61. The molecule has 0 bridgehead atoms. The lowest BCUT2D eigenvalue weighted by atomic mass is 10.1. The van der Waals surface area contributed by atoms with Crippen LogP contribution in [0.1, 0.15) is 18.4 Å². The van der Waals surface area contributed by atoms with Crippen LogP contribution in [0.2, 0.25) is 0 Å².